The molecule has 6 nitrogen and oxygen atoms in total. The van der Waals surface area contributed by atoms with E-state index in [1.165, 1.54) is 35.9 Å². The number of aryl methyl sites for hydroxylation is 3. The highest BCUT2D eigenvalue weighted by atomic mass is 16.6. The second-order valence-corrected chi connectivity index (χ2v) is 6.31. The SMILES string of the molecule is COc1cc(CC(=O)NCCCc2ccc(C)c(C)c2)ccc1[N+](=O)[O-]. The first-order valence-corrected chi connectivity index (χ1v) is 8.55. The van der Waals surface area contributed by atoms with Crippen LogP contribution in [0.1, 0.15) is 28.7 Å². The minimum Gasteiger partial charge on any atom is -0.490 e. The fourth-order valence-corrected chi connectivity index (χ4v) is 2.71. The summed E-state index contributed by atoms with van der Waals surface area (Å²) in [6.45, 7) is 4.78. The molecule has 2 aromatic carbocycles. The fraction of sp³-hybridized carbons (Fsp3) is 0.350. The lowest BCUT2D eigenvalue weighted by atomic mass is 10.0. The van der Waals surface area contributed by atoms with Gasteiger partial charge < -0.3 is 10.1 Å². The Hall–Kier alpha value is -2.89. The van der Waals surface area contributed by atoms with Crippen molar-refractivity contribution in [1.82, 2.24) is 5.32 Å². The van der Waals surface area contributed by atoms with Gasteiger partial charge in [-0.25, -0.2) is 0 Å². The Bertz CT molecular complexity index is 802. The minimum atomic E-state index is -0.504. The molecule has 0 heterocycles. The maximum atomic E-state index is 12.1. The topological polar surface area (TPSA) is 81.5 Å². The van der Waals surface area contributed by atoms with E-state index < -0.39 is 4.92 Å². The van der Waals surface area contributed by atoms with Gasteiger partial charge in [-0.15, -0.1) is 0 Å². The predicted octanol–water partition coefficient (Wildman–Crippen LogP) is 3.51. The summed E-state index contributed by atoms with van der Waals surface area (Å²) >= 11 is 0. The highest BCUT2D eigenvalue weighted by molar-refractivity contribution is 5.78. The summed E-state index contributed by atoms with van der Waals surface area (Å²) < 4.78 is 5.02. The Balaban J connectivity index is 1.81. The predicted molar refractivity (Wildman–Crippen MR) is 101 cm³/mol. The molecule has 0 bridgehead atoms. The number of methoxy groups -OCH3 is 1. The third-order valence-corrected chi connectivity index (χ3v) is 4.34. The van der Waals surface area contributed by atoms with E-state index in [1.807, 2.05) is 0 Å². The Kier molecular flexibility index (Phi) is 6.72. The third kappa shape index (κ3) is 5.31. The molecule has 1 N–H and O–H groups in total. The first-order valence-electron chi connectivity index (χ1n) is 8.55. The molecule has 138 valence electrons. The zero-order valence-electron chi connectivity index (χ0n) is 15.4. The smallest absolute Gasteiger partial charge is 0.310 e. The van der Waals surface area contributed by atoms with Crippen LogP contribution in [-0.4, -0.2) is 24.5 Å². The number of benzene rings is 2. The summed E-state index contributed by atoms with van der Waals surface area (Å²) in [5, 5.41) is 13.8. The number of rotatable bonds is 8. The third-order valence-electron chi connectivity index (χ3n) is 4.34. The van der Waals surface area contributed by atoms with Gasteiger partial charge in [-0.05, 0) is 55.0 Å². The molecular formula is C20H24N2O4. The standard InChI is InChI=1S/C20H24N2O4/c1-14-6-7-16(11-15(14)2)5-4-10-21-20(23)13-17-8-9-18(22(24)25)19(12-17)26-3/h6-9,11-12H,4-5,10,13H2,1-3H3,(H,21,23). The molecule has 0 aliphatic carbocycles. The highest BCUT2D eigenvalue weighted by Crippen LogP contribution is 2.27. The number of carbonyl (C=O) groups is 1. The van der Waals surface area contributed by atoms with Gasteiger partial charge in [0.2, 0.25) is 5.91 Å². The monoisotopic (exact) mass is 356 g/mol. The molecule has 0 radical (unpaired) electrons. The number of nitrogens with one attached hydrogen (secondary N) is 1. The summed E-state index contributed by atoms with van der Waals surface area (Å²) in [6, 6.07) is 10.9. The van der Waals surface area contributed by atoms with Gasteiger partial charge in [0.1, 0.15) is 0 Å². The molecule has 0 aliphatic rings. The average Bonchev–Trinajstić information content (AvgIpc) is 2.61. The molecule has 0 saturated carbocycles. The lowest BCUT2D eigenvalue weighted by Gasteiger charge is -2.08. The molecule has 0 spiro atoms. The number of hydrogen-bond donors (Lipinski definition) is 1. The van der Waals surface area contributed by atoms with Crippen molar-refractivity contribution in [3.05, 3.63) is 68.8 Å². The van der Waals surface area contributed by atoms with Gasteiger partial charge >= 0.3 is 5.69 Å². The van der Waals surface area contributed by atoms with Crippen LogP contribution in [0.3, 0.4) is 0 Å². The summed E-state index contributed by atoms with van der Waals surface area (Å²) in [5.41, 5.74) is 4.39. The molecule has 2 rings (SSSR count). The molecule has 0 fully saturated rings. The van der Waals surface area contributed by atoms with E-state index in [0.717, 1.165) is 12.8 Å². The number of nitro groups is 1. The molecule has 0 aliphatic heterocycles. The van der Waals surface area contributed by atoms with Gasteiger partial charge in [0, 0.05) is 12.6 Å². The molecule has 0 atom stereocenters. The van der Waals surface area contributed by atoms with Crippen LogP contribution in [-0.2, 0) is 17.6 Å². The van der Waals surface area contributed by atoms with Crippen LogP contribution in [0.2, 0.25) is 0 Å². The Morgan fingerprint density at radius 1 is 1.12 bits per heavy atom. The van der Waals surface area contributed by atoms with E-state index >= 15 is 0 Å². The Labute approximate surface area is 153 Å². The number of nitrogens with zero attached hydrogens (tertiary/aromatic N) is 1. The van der Waals surface area contributed by atoms with E-state index in [2.05, 4.69) is 37.4 Å². The zero-order valence-corrected chi connectivity index (χ0v) is 15.4. The molecule has 0 saturated heterocycles. The molecule has 26 heavy (non-hydrogen) atoms. The second kappa shape index (κ2) is 8.99. The van der Waals surface area contributed by atoms with Crippen LogP contribution in [0, 0.1) is 24.0 Å². The summed E-state index contributed by atoms with van der Waals surface area (Å²) in [4.78, 5) is 22.4. The van der Waals surface area contributed by atoms with E-state index in [4.69, 9.17) is 4.74 Å². The number of carbonyl (C=O) groups excluding carboxylic acids is 1. The summed E-state index contributed by atoms with van der Waals surface area (Å²) in [6.07, 6.45) is 1.93. The van der Waals surface area contributed by atoms with Crippen molar-refractivity contribution < 1.29 is 14.5 Å². The number of hydrogen-bond acceptors (Lipinski definition) is 4. The van der Waals surface area contributed by atoms with Gasteiger partial charge in [0.25, 0.3) is 0 Å². The minimum absolute atomic E-state index is 0.106. The van der Waals surface area contributed by atoms with Crippen LogP contribution in [0.4, 0.5) is 5.69 Å². The number of amides is 1. The first kappa shape index (κ1) is 19.4. The molecular weight excluding hydrogens is 332 g/mol. The van der Waals surface area contributed by atoms with E-state index in [9.17, 15) is 14.9 Å². The largest absolute Gasteiger partial charge is 0.490 e. The molecule has 0 unspecified atom stereocenters. The quantitative estimate of drug-likeness (QED) is 0.446. The van der Waals surface area contributed by atoms with Gasteiger partial charge in [-0.2, -0.15) is 0 Å². The highest BCUT2D eigenvalue weighted by Gasteiger charge is 2.15. The van der Waals surface area contributed by atoms with Crippen LogP contribution in [0.15, 0.2) is 36.4 Å². The van der Waals surface area contributed by atoms with Crippen LogP contribution < -0.4 is 10.1 Å². The molecule has 2 aromatic rings. The van der Waals surface area contributed by atoms with Crippen molar-refractivity contribution in [2.24, 2.45) is 0 Å². The molecule has 0 aromatic heterocycles. The number of nitro benzene ring substituents is 1. The first-order chi connectivity index (χ1) is 12.4. The molecule has 6 heteroatoms. The Morgan fingerprint density at radius 2 is 1.85 bits per heavy atom. The fourth-order valence-electron chi connectivity index (χ4n) is 2.71. The second-order valence-electron chi connectivity index (χ2n) is 6.31. The van der Waals surface area contributed by atoms with Crippen molar-refractivity contribution >= 4 is 11.6 Å². The maximum absolute atomic E-state index is 12.1. The van der Waals surface area contributed by atoms with Gasteiger partial charge in [-0.3, -0.25) is 14.9 Å². The van der Waals surface area contributed by atoms with Crippen molar-refractivity contribution in [2.45, 2.75) is 33.1 Å². The van der Waals surface area contributed by atoms with Gasteiger partial charge in [-0.1, -0.05) is 24.3 Å². The van der Waals surface area contributed by atoms with Crippen molar-refractivity contribution in [2.75, 3.05) is 13.7 Å². The normalized spacial score (nSPS) is 10.4. The number of ether oxygens (including phenoxy) is 1. The zero-order chi connectivity index (χ0) is 19.1. The molecule has 1 amide bonds. The van der Waals surface area contributed by atoms with E-state index in [-0.39, 0.29) is 23.8 Å². The Morgan fingerprint density at radius 3 is 2.50 bits per heavy atom. The summed E-state index contributed by atoms with van der Waals surface area (Å²) in [5.74, 6) is 0.0519. The van der Waals surface area contributed by atoms with E-state index in [0.29, 0.717) is 12.1 Å². The lowest BCUT2D eigenvalue weighted by molar-refractivity contribution is -0.385. The van der Waals surface area contributed by atoms with Crippen LogP contribution >= 0.6 is 0 Å². The lowest BCUT2D eigenvalue weighted by Crippen LogP contribution is -2.26. The van der Waals surface area contributed by atoms with Crippen molar-refractivity contribution in [1.29, 1.82) is 0 Å². The van der Waals surface area contributed by atoms with Crippen LogP contribution in [0.25, 0.3) is 0 Å². The van der Waals surface area contributed by atoms with Crippen LogP contribution in [0.5, 0.6) is 5.75 Å². The maximum Gasteiger partial charge on any atom is 0.310 e. The average molecular weight is 356 g/mol. The van der Waals surface area contributed by atoms with E-state index in [1.54, 1.807) is 6.07 Å². The van der Waals surface area contributed by atoms with Gasteiger partial charge in [0.15, 0.2) is 5.75 Å². The van der Waals surface area contributed by atoms with Gasteiger partial charge in [0.05, 0.1) is 18.5 Å². The van der Waals surface area contributed by atoms with Crippen molar-refractivity contribution in [3.63, 3.8) is 0 Å². The van der Waals surface area contributed by atoms with Crippen molar-refractivity contribution in [3.8, 4) is 5.75 Å². The summed E-state index contributed by atoms with van der Waals surface area (Å²) in [7, 11) is 1.37.